The summed E-state index contributed by atoms with van der Waals surface area (Å²) in [7, 11) is 1.64. The number of methoxy groups -OCH3 is 1. The maximum Gasteiger partial charge on any atom is 0.222 e. The van der Waals surface area contributed by atoms with Crippen molar-refractivity contribution in [1.82, 2.24) is 25.1 Å². The van der Waals surface area contributed by atoms with Gasteiger partial charge in [0.15, 0.2) is 5.65 Å². The van der Waals surface area contributed by atoms with Gasteiger partial charge in [-0.25, -0.2) is 14.6 Å². The van der Waals surface area contributed by atoms with Crippen molar-refractivity contribution >= 4 is 22.8 Å². The van der Waals surface area contributed by atoms with Gasteiger partial charge < -0.3 is 15.4 Å². The first kappa shape index (κ1) is 18.6. The third kappa shape index (κ3) is 4.16. The third-order valence-electron chi connectivity index (χ3n) is 4.10. The highest BCUT2D eigenvalue weighted by Gasteiger charge is 2.13. The van der Waals surface area contributed by atoms with E-state index in [0.29, 0.717) is 24.7 Å². The minimum absolute atomic E-state index is 0.0271. The molecule has 0 saturated carbocycles. The van der Waals surface area contributed by atoms with E-state index in [1.165, 1.54) is 0 Å². The molecule has 1 amide bonds. The number of hydrogen-bond acceptors (Lipinski definition) is 6. The van der Waals surface area contributed by atoms with Crippen LogP contribution in [0, 0.1) is 12.8 Å². The van der Waals surface area contributed by atoms with Crippen LogP contribution < -0.4 is 15.4 Å². The first-order valence-corrected chi connectivity index (χ1v) is 8.88. The molecule has 3 aromatic rings. The lowest BCUT2D eigenvalue weighted by Gasteiger charge is -2.10. The van der Waals surface area contributed by atoms with Crippen LogP contribution in [0.1, 0.15) is 19.7 Å². The van der Waals surface area contributed by atoms with Gasteiger partial charge in [-0.15, -0.1) is 0 Å². The summed E-state index contributed by atoms with van der Waals surface area (Å²) in [5, 5.41) is 11.4. The second-order valence-electron chi connectivity index (χ2n) is 6.48. The number of nitrogens with zero attached hydrogens (tertiary/aromatic N) is 4. The molecule has 2 N–H and O–H groups in total. The summed E-state index contributed by atoms with van der Waals surface area (Å²) >= 11 is 0. The minimum atomic E-state index is -0.0271. The third-order valence-corrected chi connectivity index (χ3v) is 4.10. The highest BCUT2D eigenvalue weighted by molar-refractivity contribution is 5.87. The van der Waals surface area contributed by atoms with Crippen LogP contribution in [0.4, 0.5) is 5.82 Å². The Kier molecular flexibility index (Phi) is 5.54. The Labute approximate surface area is 158 Å². The maximum absolute atomic E-state index is 11.6. The van der Waals surface area contributed by atoms with E-state index in [-0.39, 0.29) is 11.8 Å². The number of aromatic nitrogens is 4. The van der Waals surface area contributed by atoms with E-state index in [2.05, 4.69) is 25.7 Å². The van der Waals surface area contributed by atoms with Gasteiger partial charge in [0.1, 0.15) is 17.4 Å². The topological polar surface area (TPSA) is 94.0 Å². The fourth-order valence-electron chi connectivity index (χ4n) is 2.63. The predicted molar refractivity (Wildman–Crippen MR) is 104 cm³/mol. The Morgan fingerprint density at radius 3 is 2.59 bits per heavy atom. The number of rotatable bonds is 7. The van der Waals surface area contributed by atoms with Crippen molar-refractivity contribution in [2.75, 3.05) is 25.5 Å². The van der Waals surface area contributed by atoms with Gasteiger partial charge in [-0.2, -0.15) is 5.10 Å². The quantitative estimate of drug-likeness (QED) is 0.622. The van der Waals surface area contributed by atoms with Crippen LogP contribution in [0.5, 0.6) is 5.75 Å². The number of ether oxygens (including phenoxy) is 1. The van der Waals surface area contributed by atoms with Crippen molar-refractivity contribution in [1.29, 1.82) is 0 Å². The van der Waals surface area contributed by atoms with E-state index in [0.717, 1.165) is 22.5 Å². The normalized spacial score (nSPS) is 11.0. The zero-order chi connectivity index (χ0) is 19.4. The van der Waals surface area contributed by atoms with Crippen LogP contribution in [0.25, 0.3) is 16.7 Å². The number of hydrogen-bond donors (Lipinski definition) is 2. The Balaban J connectivity index is 1.81. The number of aryl methyl sites for hydroxylation is 1. The predicted octanol–water partition coefficient (Wildman–Crippen LogP) is 2.32. The molecule has 0 aliphatic heterocycles. The number of carbonyl (C=O) groups excluding carboxylic acids is 1. The molecule has 0 spiro atoms. The number of amides is 1. The molecule has 0 aliphatic rings. The Morgan fingerprint density at radius 2 is 1.93 bits per heavy atom. The molecule has 27 heavy (non-hydrogen) atoms. The second kappa shape index (κ2) is 8.03. The summed E-state index contributed by atoms with van der Waals surface area (Å²) in [5.74, 6) is 2.14. The molecule has 0 bridgehead atoms. The summed E-state index contributed by atoms with van der Waals surface area (Å²) in [6.45, 7) is 6.67. The van der Waals surface area contributed by atoms with Gasteiger partial charge in [-0.05, 0) is 31.2 Å². The lowest BCUT2D eigenvalue weighted by Crippen LogP contribution is -2.32. The lowest BCUT2D eigenvalue weighted by atomic mass is 10.2. The Bertz CT molecular complexity index is 933. The van der Waals surface area contributed by atoms with Gasteiger partial charge in [0.05, 0.1) is 24.4 Å². The van der Waals surface area contributed by atoms with E-state index in [1.54, 1.807) is 18.0 Å². The summed E-state index contributed by atoms with van der Waals surface area (Å²) in [6, 6.07) is 7.62. The average Bonchev–Trinajstić information content (AvgIpc) is 3.08. The summed E-state index contributed by atoms with van der Waals surface area (Å²) in [6.07, 6.45) is 1.74. The molecule has 0 unspecified atom stereocenters. The van der Waals surface area contributed by atoms with Crippen molar-refractivity contribution in [3.8, 4) is 11.4 Å². The largest absolute Gasteiger partial charge is 0.497 e. The molecular formula is C19H24N6O2. The molecule has 0 atom stereocenters. The molecule has 8 nitrogen and oxygen atoms in total. The first-order valence-electron chi connectivity index (χ1n) is 8.88. The highest BCUT2D eigenvalue weighted by Crippen LogP contribution is 2.23. The van der Waals surface area contributed by atoms with Crippen molar-refractivity contribution in [2.24, 2.45) is 5.92 Å². The van der Waals surface area contributed by atoms with Crippen molar-refractivity contribution in [3.05, 3.63) is 36.3 Å². The van der Waals surface area contributed by atoms with Crippen LogP contribution >= 0.6 is 0 Å². The Hall–Kier alpha value is -3.16. The van der Waals surface area contributed by atoms with E-state index < -0.39 is 0 Å². The Morgan fingerprint density at radius 1 is 1.19 bits per heavy atom. The zero-order valence-electron chi connectivity index (χ0n) is 16.0. The molecule has 0 radical (unpaired) electrons. The smallest absolute Gasteiger partial charge is 0.222 e. The summed E-state index contributed by atoms with van der Waals surface area (Å²) in [5.41, 5.74) is 1.61. The van der Waals surface area contributed by atoms with Crippen molar-refractivity contribution < 1.29 is 9.53 Å². The van der Waals surface area contributed by atoms with Gasteiger partial charge in [0.2, 0.25) is 5.91 Å². The monoisotopic (exact) mass is 368 g/mol. The zero-order valence-corrected chi connectivity index (χ0v) is 16.0. The van der Waals surface area contributed by atoms with Gasteiger partial charge in [0, 0.05) is 19.0 Å². The molecule has 8 heteroatoms. The molecule has 0 aliphatic carbocycles. The molecule has 0 fully saturated rings. The number of benzene rings is 1. The van der Waals surface area contributed by atoms with Gasteiger partial charge in [-0.3, -0.25) is 4.79 Å². The van der Waals surface area contributed by atoms with E-state index >= 15 is 0 Å². The fraction of sp³-hybridized carbons (Fsp3) is 0.368. The SMILES string of the molecule is COc1ccc(-n2ncc3c(NCCNC(=O)C(C)C)nc(C)nc32)cc1. The van der Waals surface area contributed by atoms with Crippen LogP contribution in [0.15, 0.2) is 30.5 Å². The molecule has 1 aromatic carbocycles. The van der Waals surface area contributed by atoms with Crippen LogP contribution in [-0.2, 0) is 4.79 Å². The summed E-state index contributed by atoms with van der Waals surface area (Å²) in [4.78, 5) is 20.7. The standard InChI is InChI=1S/C19H24N6O2/c1-12(2)19(26)21-10-9-20-17-16-11-22-25(18(16)24-13(3)23-17)14-5-7-15(27-4)8-6-14/h5-8,11-12H,9-10H2,1-4H3,(H,21,26)(H,20,23,24). The van der Waals surface area contributed by atoms with Crippen LogP contribution in [0.2, 0.25) is 0 Å². The van der Waals surface area contributed by atoms with Gasteiger partial charge in [-0.1, -0.05) is 13.8 Å². The molecule has 2 heterocycles. The number of nitrogens with one attached hydrogen (secondary N) is 2. The van der Waals surface area contributed by atoms with Crippen LogP contribution in [0.3, 0.4) is 0 Å². The van der Waals surface area contributed by atoms with E-state index in [9.17, 15) is 4.79 Å². The maximum atomic E-state index is 11.6. The van der Waals surface area contributed by atoms with Crippen molar-refractivity contribution in [2.45, 2.75) is 20.8 Å². The highest BCUT2D eigenvalue weighted by atomic mass is 16.5. The van der Waals surface area contributed by atoms with E-state index in [4.69, 9.17) is 4.74 Å². The molecule has 0 saturated heterocycles. The number of anilines is 1. The average molecular weight is 368 g/mol. The second-order valence-corrected chi connectivity index (χ2v) is 6.48. The van der Waals surface area contributed by atoms with Crippen LogP contribution in [-0.4, -0.2) is 45.9 Å². The minimum Gasteiger partial charge on any atom is -0.497 e. The number of carbonyl (C=O) groups is 1. The van der Waals surface area contributed by atoms with Crippen molar-refractivity contribution in [3.63, 3.8) is 0 Å². The lowest BCUT2D eigenvalue weighted by molar-refractivity contribution is -0.123. The van der Waals surface area contributed by atoms with Gasteiger partial charge >= 0.3 is 0 Å². The van der Waals surface area contributed by atoms with E-state index in [1.807, 2.05) is 45.0 Å². The summed E-state index contributed by atoms with van der Waals surface area (Å²) < 4.78 is 6.98. The molecular weight excluding hydrogens is 344 g/mol. The molecule has 3 rings (SSSR count). The molecule has 142 valence electrons. The molecule has 2 aromatic heterocycles. The fourth-order valence-corrected chi connectivity index (χ4v) is 2.63. The number of fused-ring (bicyclic) bond motifs is 1. The van der Waals surface area contributed by atoms with Gasteiger partial charge in [0.25, 0.3) is 0 Å². The first-order chi connectivity index (χ1) is 13.0.